The van der Waals surface area contributed by atoms with Crippen LogP contribution < -0.4 is 11.1 Å². The Morgan fingerprint density at radius 2 is 1.54 bits per heavy atom. The van der Waals surface area contributed by atoms with Crippen LogP contribution in [0.5, 0.6) is 0 Å². The Bertz CT molecular complexity index is 815. The highest BCUT2D eigenvalue weighted by Gasteiger charge is 2.09. The molecule has 3 aromatic carbocycles. The van der Waals surface area contributed by atoms with Gasteiger partial charge in [0, 0.05) is 11.3 Å². The summed E-state index contributed by atoms with van der Waals surface area (Å²) in [7, 11) is 0. The highest BCUT2D eigenvalue weighted by atomic mass is 16.5. The Hall–Kier alpha value is -3.27. The van der Waals surface area contributed by atoms with Crippen molar-refractivity contribution in [3.8, 4) is 11.1 Å². The van der Waals surface area contributed by atoms with Crippen LogP contribution in [0.2, 0.25) is 0 Å². The van der Waals surface area contributed by atoms with E-state index in [1.54, 1.807) is 0 Å². The molecule has 0 saturated heterocycles. The molecular weight excluding hydrogens is 300 g/mol. The summed E-state index contributed by atoms with van der Waals surface area (Å²) in [4.78, 5) is 12.1. The summed E-state index contributed by atoms with van der Waals surface area (Å²) in [5, 5.41) is 2.80. The summed E-state index contributed by atoms with van der Waals surface area (Å²) in [6.45, 7) is 0.233. The summed E-state index contributed by atoms with van der Waals surface area (Å²) in [5.41, 5.74) is 9.95. The zero-order valence-electron chi connectivity index (χ0n) is 13.1. The van der Waals surface area contributed by atoms with Crippen LogP contribution in [0.4, 0.5) is 16.2 Å². The van der Waals surface area contributed by atoms with Crippen LogP contribution >= 0.6 is 0 Å². The standard InChI is InChI=1S/C20H18N2O2/c21-17-12-10-16(11-13-17)18-8-4-5-9-19(18)22-20(23)24-14-15-6-2-1-3-7-15/h1-13H,14,21H2,(H,22,23). The van der Waals surface area contributed by atoms with Gasteiger partial charge in [-0.1, -0.05) is 60.7 Å². The maximum Gasteiger partial charge on any atom is 0.411 e. The van der Waals surface area contributed by atoms with E-state index in [4.69, 9.17) is 10.5 Å². The van der Waals surface area contributed by atoms with E-state index >= 15 is 0 Å². The van der Waals surface area contributed by atoms with Crippen molar-refractivity contribution < 1.29 is 9.53 Å². The van der Waals surface area contributed by atoms with Crippen molar-refractivity contribution in [3.63, 3.8) is 0 Å². The fraction of sp³-hybridized carbons (Fsp3) is 0.0500. The molecule has 3 aromatic rings. The number of para-hydroxylation sites is 1. The average Bonchev–Trinajstić information content (AvgIpc) is 2.62. The van der Waals surface area contributed by atoms with Gasteiger partial charge in [0.15, 0.2) is 0 Å². The second kappa shape index (κ2) is 7.33. The first-order valence-electron chi connectivity index (χ1n) is 7.65. The van der Waals surface area contributed by atoms with E-state index in [9.17, 15) is 4.79 Å². The van der Waals surface area contributed by atoms with Crippen molar-refractivity contribution >= 4 is 17.5 Å². The monoisotopic (exact) mass is 318 g/mol. The van der Waals surface area contributed by atoms with Crippen LogP contribution in [0.25, 0.3) is 11.1 Å². The number of carbonyl (C=O) groups excluding carboxylic acids is 1. The first-order valence-corrected chi connectivity index (χ1v) is 7.65. The Balaban J connectivity index is 1.71. The molecule has 4 heteroatoms. The Labute approximate surface area is 140 Å². The van der Waals surface area contributed by atoms with Gasteiger partial charge in [0.1, 0.15) is 6.61 Å². The molecule has 3 N–H and O–H groups in total. The third-order valence-electron chi connectivity index (χ3n) is 3.60. The molecule has 0 heterocycles. The summed E-state index contributed by atoms with van der Waals surface area (Å²) >= 11 is 0. The fourth-order valence-electron chi connectivity index (χ4n) is 2.38. The number of amides is 1. The van der Waals surface area contributed by atoms with Crippen molar-refractivity contribution in [3.05, 3.63) is 84.4 Å². The van der Waals surface area contributed by atoms with Gasteiger partial charge in [-0.3, -0.25) is 5.32 Å². The zero-order valence-corrected chi connectivity index (χ0v) is 13.1. The lowest BCUT2D eigenvalue weighted by Gasteiger charge is -2.12. The van der Waals surface area contributed by atoms with Gasteiger partial charge >= 0.3 is 6.09 Å². The molecule has 0 aliphatic carbocycles. The molecule has 0 aliphatic heterocycles. The molecule has 0 bridgehead atoms. The van der Waals surface area contributed by atoms with E-state index < -0.39 is 6.09 Å². The number of carbonyl (C=O) groups is 1. The maximum absolute atomic E-state index is 12.1. The maximum atomic E-state index is 12.1. The highest BCUT2D eigenvalue weighted by Crippen LogP contribution is 2.28. The first kappa shape index (κ1) is 15.6. The molecule has 0 fully saturated rings. The molecule has 0 atom stereocenters. The molecule has 0 unspecified atom stereocenters. The minimum absolute atomic E-state index is 0.233. The molecule has 120 valence electrons. The molecule has 0 saturated carbocycles. The summed E-state index contributed by atoms with van der Waals surface area (Å²) in [5.74, 6) is 0. The van der Waals surface area contributed by atoms with E-state index in [2.05, 4.69) is 5.32 Å². The van der Waals surface area contributed by atoms with E-state index in [0.717, 1.165) is 16.7 Å². The van der Waals surface area contributed by atoms with Gasteiger partial charge < -0.3 is 10.5 Å². The largest absolute Gasteiger partial charge is 0.444 e. The predicted octanol–water partition coefficient (Wildman–Crippen LogP) is 4.68. The van der Waals surface area contributed by atoms with Gasteiger partial charge in [-0.2, -0.15) is 0 Å². The summed E-state index contributed by atoms with van der Waals surface area (Å²) < 4.78 is 5.27. The van der Waals surface area contributed by atoms with E-state index in [1.165, 1.54) is 0 Å². The molecule has 3 rings (SSSR count). The van der Waals surface area contributed by atoms with Gasteiger partial charge in [0.2, 0.25) is 0 Å². The number of rotatable bonds is 4. The average molecular weight is 318 g/mol. The second-order valence-electron chi connectivity index (χ2n) is 5.35. The lowest BCUT2D eigenvalue weighted by atomic mass is 10.0. The minimum atomic E-state index is -0.484. The molecule has 0 spiro atoms. The SMILES string of the molecule is Nc1ccc(-c2ccccc2NC(=O)OCc2ccccc2)cc1. The molecule has 0 aromatic heterocycles. The van der Waals surface area contributed by atoms with Crippen LogP contribution in [0.1, 0.15) is 5.56 Å². The zero-order chi connectivity index (χ0) is 16.8. The van der Waals surface area contributed by atoms with Crippen molar-refractivity contribution in [1.29, 1.82) is 0 Å². The van der Waals surface area contributed by atoms with Gasteiger partial charge in [0.05, 0.1) is 5.69 Å². The second-order valence-corrected chi connectivity index (χ2v) is 5.35. The summed E-state index contributed by atoms with van der Waals surface area (Å²) in [6.07, 6.45) is -0.484. The number of nitrogens with one attached hydrogen (secondary N) is 1. The number of nitrogen functional groups attached to an aromatic ring is 1. The van der Waals surface area contributed by atoms with Crippen LogP contribution in [0.15, 0.2) is 78.9 Å². The fourth-order valence-corrected chi connectivity index (χ4v) is 2.38. The third kappa shape index (κ3) is 3.93. The van der Waals surface area contributed by atoms with E-state index in [0.29, 0.717) is 11.4 Å². The quantitative estimate of drug-likeness (QED) is 0.686. The van der Waals surface area contributed by atoms with Gasteiger partial charge in [-0.05, 0) is 29.3 Å². The minimum Gasteiger partial charge on any atom is -0.444 e. The Morgan fingerprint density at radius 1 is 0.875 bits per heavy atom. The lowest BCUT2D eigenvalue weighted by molar-refractivity contribution is 0.155. The Morgan fingerprint density at radius 3 is 2.29 bits per heavy atom. The molecule has 1 amide bonds. The topological polar surface area (TPSA) is 64.3 Å². The number of nitrogens with two attached hydrogens (primary N) is 1. The van der Waals surface area contributed by atoms with E-state index in [-0.39, 0.29) is 6.61 Å². The van der Waals surface area contributed by atoms with Crippen LogP contribution in [0.3, 0.4) is 0 Å². The number of ether oxygens (including phenoxy) is 1. The molecular formula is C20H18N2O2. The number of anilines is 2. The number of benzene rings is 3. The molecule has 4 nitrogen and oxygen atoms in total. The molecule has 24 heavy (non-hydrogen) atoms. The first-order chi connectivity index (χ1) is 11.7. The lowest BCUT2D eigenvalue weighted by Crippen LogP contribution is -2.14. The van der Waals surface area contributed by atoms with Gasteiger partial charge in [-0.15, -0.1) is 0 Å². The number of hydrogen-bond acceptors (Lipinski definition) is 3. The van der Waals surface area contributed by atoms with Crippen LogP contribution in [0, 0.1) is 0 Å². The third-order valence-corrected chi connectivity index (χ3v) is 3.60. The van der Waals surface area contributed by atoms with Crippen molar-refractivity contribution in [2.45, 2.75) is 6.61 Å². The van der Waals surface area contributed by atoms with Crippen molar-refractivity contribution in [2.75, 3.05) is 11.1 Å². The Kier molecular flexibility index (Phi) is 4.77. The van der Waals surface area contributed by atoms with Gasteiger partial charge in [0.25, 0.3) is 0 Å². The molecule has 0 radical (unpaired) electrons. The van der Waals surface area contributed by atoms with Crippen molar-refractivity contribution in [2.24, 2.45) is 0 Å². The van der Waals surface area contributed by atoms with Gasteiger partial charge in [-0.25, -0.2) is 4.79 Å². The highest BCUT2D eigenvalue weighted by molar-refractivity contribution is 5.91. The predicted molar refractivity (Wildman–Crippen MR) is 96.5 cm³/mol. The van der Waals surface area contributed by atoms with E-state index in [1.807, 2.05) is 78.9 Å². The van der Waals surface area contributed by atoms with Crippen LogP contribution in [-0.2, 0) is 11.3 Å². The summed E-state index contributed by atoms with van der Waals surface area (Å²) in [6, 6.07) is 24.7. The smallest absolute Gasteiger partial charge is 0.411 e. The molecule has 0 aliphatic rings. The van der Waals surface area contributed by atoms with Crippen molar-refractivity contribution in [1.82, 2.24) is 0 Å². The number of hydrogen-bond donors (Lipinski definition) is 2. The van der Waals surface area contributed by atoms with Crippen LogP contribution in [-0.4, -0.2) is 6.09 Å². The normalized spacial score (nSPS) is 10.2.